The van der Waals surface area contributed by atoms with Crippen molar-refractivity contribution in [1.29, 1.82) is 0 Å². The second kappa shape index (κ2) is 5.53. The van der Waals surface area contributed by atoms with Crippen molar-refractivity contribution in [3.05, 3.63) is 22.8 Å². The van der Waals surface area contributed by atoms with Crippen LogP contribution in [0.5, 0.6) is 0 Å². The Morgan fingerprint density at radius 2 is 2.40 bits per heavy atom. The van der Waals surface area contributed by atoms with Crippen LogP contribution in [0.2, 0.25) is 5.15 Å². The van der Waals surface area contributed by atoms with E-state index < -0.39 is 5.97 Å². The Bertz CT molecular complexity index is 357. The van der Waals surface area contributed by atoms with Gasteiger partial charge in [0.1, 0.15) is 11.0 Å². The molecule has 15 heavy (non-hydrogen) atoms. The molecule has 0 atom stereocenters. The number of aromatic carboxylic acids is 1. The molecule has 1 aromatic heterocycles. The average Bonchev–Trinajstić information content (AvgIpc) is 2.17. The Hall–Kier alpha value is -1.33. The highest BCUT2D eigenvalue weighted by Crippen LogP contribution is 2.14. The Kier molecular flexibility index (Phi) is 4.33. The first-order chi connectivity index (χ1) is 7.13. The number of aromatic nitrogens is 1. The summed E-state index contributed by atoms with van der Waals surface area (Å²) >= 11 is 5.66. The molecule has 0 amide bonds. The quantitative estimate of drug-likeness (QED) is 0.592. The fraction of sp³-hybridized carbons (Fsp3) is 0.333. The standard InChI is InChI=1S/C9H11ClN2O3/c1-15-3-2-11-8-5-6(9(13)14)4-7(10)12-8/h4-5H,2-3H2,1H3,(H,11,12)(H,13,14). The van der Waals surface area contributed by atoms with Gasteiger partial charge in [-0.3, -0.25) is 0 Å². The van der Waals surface area contributed by atoms with Crippen LogP contribution in [0.3, 0.4) is 0 Å². The fourth-order valence-corrected chi connectivity index (χ4v) is 1.20. The van der Waals surface area contributed by atoms with Gasteiger partial charge < -0.3 is 15.2 Å². The molecule has 2 N–H and O–H groups in total. The number of anilines is 1. The summed E-state index contributed by atoms with van der Waals surface area (Å²) in [5.74, 6) is -0.606. The molecule has 0 aliphatic rings. The van der Waals surface area contributed by atoms with Gasteiger partial charge in [0, 0.05) is 13.7 Å². The molecule has 0 radical (unpaired) electrons. The smallest absolute Gasteiger partial charge is 0.335 e. The van der Waals surface area contributed by atoms with Crippen LogP contribution < -0.4 is 5.32 Å². The maximum atomic E-state index is 10.7. The van der Waals surface area contributed by atoms with Gasteiger partial charge in [0.25, 0.3) is 0 Å². The van der Waals surface area contributed by atoms with Crippen LogP contribution in [0, 0.1) is 0 Å². The van der Waals surface area contributed by atoms with Crippen LogP contribution in [-0.2, 0) is 4.74 Å². The number of hydrogen-bond donors (Lipinski definition) is 2. The van der Waals surface area contributed by atoms with Crippen LogP contribution >= 0.6 is 11.6 Å². The molecule has 82 valence electrons. The zero-order valence-electron chi connectivity index (χ0n) is 8.16. The lowest BCUT2D eigenvalue weighted by Gasteiger charge is -2.05. The van der Waals surface area contributed by atoms with Gasteiger partial charge in [-0.1, -0.05) is 11.6 Å². The van der Waals surface area contributed by atoms with Crippen molar-refractivity contribution in [2.45, 2.75) is 0 Å². The lowest BCUT2D eigenvalue weighted by atomic mass is 10.2. The molecule has 5 nitrogen and oxygen atoms in total. The van der Waals surface area contributed by atoms with Crippen molar-refractivity contribution in [3.8, 4) is 0 Å². The predicted molar refractivity (Wildman–Crippen MR) is 56.6 cm³/mol. The van der Waals surface area contributed by atoms with E-state index in [0.29, 0.717) is 19.0 Å². The van der Waals surface area contributed by atoms with E-state index in [1.807, 2.05) is 0 Å². The normalized spacial score (nSPS) is 10.0. The summed E-state index contributed by atoms with van der Waals surface area (Å²) in [5, 5.41) is 11.8. The van der Waals surface area contributed by atoms with E-state index in [9.17, 15) is 4.79 Å². The molecule has 0 saturated carbocycles. The number of ether oxygens (including phenoxy) is 1. The van der Waals surface area contributed by atoms with Gasteiger partial charge in [-0.15, -0.1) is 0 Å². The SMILES string of the molecule is COCCNc1cc(C(=O)O)cc(Cl)n1. The number of hydrogen-bond acceptors (Lipinski definition) is 4. The van der Waals surface area contributed by atoms with Crippen molar-refractivity contribution in [1.82, 2.24) is 4.98 Å². The second-order valence-corrected chi connectivity index (χ2v) is 3.18. The number of carboxylic acids is 1. The molecule has 0 aliphatic heterocycles. The van der Waals surface area contributed by atoms with Gasteiger partial charge in [-0.05, 0) is 12.1 Å². The highest BCUT2D eigenvalue weighted by atomic mass is 35.5. The number of nitrogens with one attached hydrogen (secondary N) is 1. The molecule has 0 saturated heterocycles. The molecular weight excluding hydrogens is 220 g/mol. The molecule has 0 aromatic carbocycles. The topological polar surface area (TPSA) is 71.5 Å². The molecule has 1 rings (SSSR count). The Labute approximate surface area is 92.0 Å². The third kappa shape index (κ3) is 3.73. The van der Waals surface area contributed by atoms with E-state index in [1.54, 1.807) is 7.11 Å². The highest BCUT2D eigenvalue weighted by Gasteiger charge is 2.06. The minimum atomic E-state index is -1.03. The van der Waals surface area contributed by atoms with Crippen LogP contribution in [0.1, 0.15) is 10.4 Å². The summed E-state index contributed by atoms with van der Waals surface area (Å²) in [6, 6.07) is 2.72. The third-order valence-corrected chi connectivity index (χ3v) is 1.85. The number of pyridine rings is 1. The van der Waals surface area contributed by atoms with E-state index in [1.165, 1.54) is 12.1 Å². The Morgan fingerprint density at radius 3 is 3.00 bits per heavy atom. The summed E-state index contributed by atoms with van der Waals surface area (Å²) in [6.07, 6.45) is 0. The van der Waals surface area contributed by atoms with Gasteiger partial charge in [0.15, 0.2) is 0 Å². The average molecular weight is 231 g/mol. The number of halogens is 1. The van der Waals surface area contributed by atoms with Crippen LogP contribution in [0.25, 0.3) is 0 Å². The number of carboxylic acid groups (broad SMARTS) is 1. The van der Waals surface area contributed by atoms with Crippen molar-refractivity contribution < 1.29 is 14.6 Å². The van der Waals surface area contributed by atoms with E-state index in [0.717, 1.165) is 0 Å². The lowest BCUT2D eigenvalue weighted by Crippen LogP contribution is -2.10. The first-order valence-electron chi connectivity index (χ1n) is 4.27. The second-order valence-electron chi connectivity index (χ2n) is 2.79. The summed E-state index contributed by atoms with van der Waals surface area (Å²) in [7, 11) is 1.58. The lowest BCUT2D eigenvalue weighted by molar-refractivity contribution is 0.0697. The van der Waals surface area contributed by atoms with Gasteiger partial charge in [-0.25, -0.2) is 9.78 Å². The summed E-state index contributed by atoms with van der Waals surface area (Å²) < 4.78 is 4.83. The molecule has 0 fully saturated rings. The number of rotatable bonds is 5. The Morgan fingerprint density at radius 1 is 1.67 bits per heavy atom. The highest BCUT2D eigenvalue weighted by molar-refractivity contribution is 6.29. The van der Waals surface area contributed by atoms with E-state index >= 15 is 0 Å². The maximum Gasteiger partial charge on any atom is 0.335 e. The molecular formula is C9H11ClN2O3. The van der Waals surface area contributed by atoms with E-state index in [4.69, 9.17) is 21.4 Å². The van der Waals surface area contributed by atoms with Gasteiger partial charge >= 0.3 is 5.97 Å². The number of nitrogens with zero attached hydrogens (tertiary/aromatic N) is 1. The molecule has 0 spiro atoms. The minimum Gasteiger partial charge on any atom is -0.478 e. The number of carbonyl (C=O) groups is 1. The molecule has 0 bridgehead atoms. The molecule has 0 unspecified atom stereocenters. The summed E-state index contributed by atoms with van der Waals surface area (Å²) in [4.78, 5) is 14.6. The van der Waals surface area contributed by atoms with E-state index in [-0.39, 0.29) is 10.7 Å². The summed E-state index contributed by atoms with van der Waals surface area (Å²) in [5.41, 5.74) is 0.106. The van der Waals surface area contributed by atoms with Crippen LogP contribution in [-0.4, -0.2) is 36.3 Å². The molecule has 6 heteroatoms. The first-order valence-corrected chi connectivity index (χ1v) is 4.65. The van der Waals surface area contributed by atoms with Crippen molar-refractivity contribution in [2.24, 2.45) is 0 Å². The largest absolute Gasteiger partial charge is 0.478 e. The zero-order chi connectivity index (χ0) is 11.3. The monoisotopic (exact) mass is 230 g/mol. The van der Waals surface area contributed by atoms with Crippen molar-refractivity contribution in [3.63, 3.8) is 0 Å². The third-order valence-electron chi connectivity index (χ3n) is 1.65. The molecule has 1 heterocycles. The van der Waals surface area contributed by atoms with Gasteiger partial charge in [-0.2, -0.15) is 0 Å². The van der Waals surface area contributed by atoms with Crippen LogP contribution in [0.4, 0.5) is 5.82 Å². The van der Waals surface area contributed by atoms with Crippen molar-refractivity contribution in [2.75, 3.05) is 25.6 Å². The maximum absolute atomic E-state index is 10.7. The minimum absolute atomic E-state index is 0.106. The molecule has 1 aromatic rings. The van der Waals surface area contributed by atoms with Gasteiger partial charge in [0.05, 0.1) is 12.2 Å². The summed E-state index contributed by atoms with van der Waals surface area (Å²) in [6.45, 7) is 1.06. The Balaban J connectivity index is 2.75. The number of methoxy groups -OCH3 is 1. The zero-order valence-corrected chi connectivity index (χ0v) is 8.91. The predicted octanol–water partition coefficient (Wildman–Crippen LogP) is 1.49. The van der Waals surface area contributed by atoms with Gasteiger partial charge in [0.2, 0.25) is 0 Å². The molecule has 0 aliphatic carbocycles. The first kappa shape index (κ1) is 11.7. The van der Waals surface area contributed by atoms with Crippen LogP contribution in [0.15, 0.2) is 12.1 Å². The van der Waals surface area contributed by atoms with Crippen molar-refractivity contribution >= 4 is 23.4 Å². The van der Waals surface area contributed by atoms with E-state index in [2.05, 4.69) is 10.3 Å². The fourth-order valence-electron chi connectivity index (χ4n) is 0.992.